The number of unbranched alkanes of at least 4 members (excludes halogenated alkanes) is 1. The number of aliphatic hydroxyl groups is 1. The zero-order valence-electron chi connectivity index (χ0n) is 10.8. The fraction of sp³-hybridized carbons (Fsp3) is 1.00. The van der Waals surface area contributed by atoms with Gasteiger partial charge in [-0.1, -0.05) is 13.3 Å². The van der Waals surface area contributed by atoms with Gasteiger partial charge in [0.2, 0.25) is 0 Å². The molecular weight excluding hydrogens is 190 g/mol. The third-order valence-corrected chi connectivity index (χ3v) is 2.83. The van der Waals surface area contributed by atoms with Crippen molar-refractivity contribution >= 4 is 0 Å². The lowest BCUT2D eigenvalue weighted by Gasteiger charge is -2.28. The number of aliphatic hydroxyl groups excluding tert-OH is 1. The average Bonchev–Trinajstić information content (AvgIpc) is 2.22. The maximum Gasteiger partial charge on any atom is 0.0634 e. The van der Waals surface area contributed by atoms with E-state index in [0.717, 1.165) is 26.1 Å². The molecule has 0 radical (unpaired) electrons. The lowest BCUT2D eigenvalue weighted by molar-refractivity contribution is 0.00624. The first kappa shape index (κ1) is 14.9. The minimum atomic E-state index is -0.0556. The van der Waals surface area contributed by atoms with Gasteiger partial charge in [-0.3, -0.25) is 0 Å². The van der Waals surface area contributed by atoms with Crippen LogP contribution in [0.5, 0.6) is 0 Å². The molecule has 0 heterocycles. The second kappa shape index (κ2) is 8.08. The lowest BCUT2D eigenvalue weighted by atomic mass is 10.0. The van der Waals surface area contributed by atoms with Crippen molar-refractivity contribution in [1.29, 1.82) is 0 Å². The summed E-state index contributed by atoms with van der Waals surface area (Å²) in [6.07, 6.45) is 3.41. The Kier molecular flexibility index (Phi) is 8.02. The molecule has 0 atom stereocenters. The standard InChI is InChI=1S/C12H27NO2/c1-5-6-8-13(10-11-14)9-7-12(2,3)15-4/h14H,5-11H2,1-4H3. The van der Waals surface area contributed by atoms with Gasteiger partial charge in [-0.15, -0.1) is 0 Å². The summed E-state index contributed by atoms with van der Waals surface area (Å²) in [5.74, 6) is 0. The van der Waals surface area contributed by atoms with Gasteiger partial charge in [0.1, 0.15) is 0 Å². The van der Waals surface area contributed by atoms with Gasteiger partial charge in [0.15, 0.2) is 0 Å². The van der Waals surface area contributed by atoms with Crippen LogP contribution < -0.4 is 0 Å². The first-order valence-corrected chi connectivity index (χ1v) is 5.94. The Morgan fingerprint density at radius 1 is 1.20 bits per heavy atom. The number of hydrogen-bond acceptors (Lipinski definition) is 3. The zero-order valence-corrected chi connectivity index (χ0v) is 10.8. The van der Waals surface area contributed by atoms with E-state index in [-0.39, 0.29) is 12.2 Å². The van der Waals surface area contributed by atoms with Crippen molar-refractivity contribution in [1.82, 2.24) is 4.90 Å². The van der Waals surface area contributed by atoms with E-state index in [1.54, 1.807) is 7.11 Å². The lowest BCUT2D eigenvalue weighted by Crippen LogP contribution is -2.34. The molecule has 0 aliphatic heterocycles. The topological polar surface area (TPSA) is 32.7 Å². The number of rotatable bonds is 9. The highest BCUT2D eigenvalue weighted by molar-refractivity contribution is 4.70. The molecule has 0 saturated heterocycles. The second-order valence-electron chi connectivity index (χ2n) is 4.63. The monoisotopic (exact) mass is 217 g/mol. The molecule has 3 heteroatoms. The maximum atomic E-state index is 8.95. The van der Waals surface area contributed by atoms with Crippen LogP contribution in [0.25, 0.3) is 0 Å². The highest BCUT2D eigenvalue weighted by atomic mass is 16.5. The van der Waals surface area contributed by atoms with Gasteiger partial charge in [0.05, 0.1) is 12.2 Å². The van der Waals surface area contributed by atoms with E-state index >= 15 is 0 Å². The molecule has 0 amide bonds. The molecule has 0 fully saturated rings. The van der Waals surface area contributed by atoms with Gasteiger partial charge < -0.3 is 14.7 Å². The molecule has 0 aliphatic rings. The van der Waals surface area contributed by atoms with Crippen LogP contribution in [0.3, 0.4) is 0 Å². The maximum absolute atomic E-state index is 8.95. The smallest absolute Gasteiger partial charge is 0.0634 e. The van der Waals surface area contributed by atoms with Crippen LogP contribution >= 0.6 is 0 Å². The Balaban J connectivity index is 3.83. The molecule has 3 nitrogen and oxygen atoms in total. The van der Waals surface area contributed by atoms with Gasteiger partial charge >= 0.3 is 0 Å². The predicted molar refractivity (Wildman–Crippen MR) is 64.1 cm³/mol. The quantitative estimate of drug-likeness (QED) is 0.640. The first-order chi connectivity index (χ1) is 7.05. The molecule has 0 aliphatic carbocycles. The third kappa shape index (κ3) is 7.77. The van der Waals surface area contributed by atoms with Crippen molar-refractivity contribution in [2.75, 3.05) is 33.4 Å². The number of hydrogen-bond donors (Lipinski definition) is 1. The Morgan fingerprint density at radius 3 is 2.33 bits per heavy atom. The zero-order chi connectivity index (χ0) is 11.7. The van der Waals surface area contributed by atoms with Crippen molar-refractivity contribution in [2.24, 2.45) is 0 Å². The van der Waals surface area contributed by atoms with Crippen molar-refractivity contribution in [2.45, 2.75) is 45.6 Å². The third-order valence-electron chi connectivity index (χ3n) is 2.83. The van der Waals surface area contributed by atoms with Gasteiger partial charge in [-0.25, -0.2) is 0 Å². The molecule has 0 bridgehead atoms. The molecule has 1 N–H and O–H groups in total. The molecule has 0 aromatic carbocycles. The largest absolute Gasteiger partial charge is 0.395 e. The van der Waals surface area contributed by atoms with Crippen molar-refractivity contribution in [3.05, 3.63) is 0 Å². The summed E-state index contributed by atoms with van der Waals surface area (Å²) in [4.78, 5) is 2.31. The van der Waals surface area contributed by atoms with Crippen LogP contribution in [0.1, 0.15) is 40.0 Å². The van der Waals surface area contributed by atoms with E-state index in [0.29, 0.717) is 0 Å². The van der Waals surface area contributed by atoms with E-state index in [1.165, 1.54) is 12.8 Å². The summed E-state index contributed by atoms with van der Waals surface area (Å²) < 4.78 is 5.38. The van der Waals surface area contributed by atoms with Crippen LogP contribution in [0.15, 0.2) is 0 Å². The van der Waals surface area contributed by atoms with Crippen LogP contribution in [0, 0.1) is 0 Å². The van der Waals surface area contributed by atoms with Gasteiger partial charge in [-0.05, 0) is 33.2 Å². The van der Waals surface area contributed by atoms with Gasteiger partial charge in [0, 0.05) is 20.2 Å². The van der Waals surface area contributed by atoms with Crippen LogP contribution in [0.2, 0.25) is 0 Å². The van der Waals surface area contributed by atoms with Gasteiger partial charge in [-0.2, -0.15) is 0 Å². The van der Waals surface area contributed by atoms with Crippen LogP contribution in [0.4, 0.5) is 0 Å². The molecule has 0 aromatic rings. The molecule has 0 rings (SSSR count). The Hall–Kier alpha value is -0.120. The van der Waals surface area contributed by atoms with E-state index in [2.05, 4.69) is 25.7 Å². The minimum Gasteiger partial charge on any atom is -0.395 e. The van der Waals surface area contributed by atoms with Crippen LogP contribution in [-0.2, 0) is 4.74 Å². The number of nitrogens with zero attached hydrogens (tertiary/aromatic N) is 1. The van der Waals surface area contributed by atoms with E-state index in [4.69, 9.17) is 9.84 Å². The molecule has 0 saturated carbocycles. The van der Waals surface area contributed by atoms with E-state index in [9.17, 15) is 0 Å². The highest BCUT2D eigenvalue weighted by Crippen LogP contribution is 2.13. The van der Waals surface area contributed by atoms with Crippen molar-refractivity contribution < 1.29 is 9.84 Å². The normalized spacial score (nSPS) is 12.4. The molecule has 92 valence electrons. The molecule has 0 aromatic heterocycles. The summed E-state index contributed by atoms with van der Waals surface area (Å²) in [6.45, 7) is 9.50. The van der Waals surface area contributed by atoms with Crippen LogP contribution in [-0.4, -0.2) is 49.0 Å². The SMILES string of the molecule is CCCCN(CCO)CCC(C)(C)OC. The molecular formula is C12H27NO2. The Morgan fingerprint density at radius 2 is 1.87 bits per heavy atom. The van der Waals surface area contributed by atoms with Crippen molar-refractivity contribution in [3.63, 3.8) is 0 Å². The molecule has 0 unspecified atom stereocenters. The fourth-order valence-corrected chi connectivity index (χ4v) is 1.39. The van der Waals surface area contributed by atoms with Gasteiger partial charge in [0.25, 0.3) is 0 Å². The predicted octanol–water partition coefficient (Wildman–Crippen LogP) is 1.90. The summed E-state index contributed by atoms with van der Waals surface area (Å²) in [7, 11) is 1.75. The number of ether oxygens (including phenoxy) is 1. The minimum absolute atomic E-state index is 0.0556. The Bertz CT molecular complexity index is 149. The number of methoxy groups -OCH3 is 1. The average molecular weight is 217 g/mol. The summed E-state index contributed by atoms with van der Waals surface area (Å²) in [6, 6.07) is 0. The van der Waals surface area contributed by atoms with Crippen molar-refractivity contribution in [3.8, 4) is 0 Å². The summed E-state index contributed by atoms with van der Waals surface area (Å²) in [5, 5.41) is 8.95. The Labute approximate surface area is 94.4 Å². The fourth-order valence-electron chi connectivity index (χ4n) is 1.39. The molecule has 0 spiro atoms. The molecule has 15 heavy (non-hydrogen) atoms. The second-order valence-corrected chi connectivity index (χ2v) is 4.63. The summed E-state index contributed by atoms with van der Waals surface area (Å²) >= 11 is 0. The highest BCUT2D eigenvalue weighted by Gasteiger charge is 2.17. The first-order valence-electron chi connectivity index (χ1n) is 5.94. The summed E-state index contributed by atoms with van der Waals surface area (Å²) in [5.41, 5.74) is -0.0556. The van der Waals surface area contributed by atoms with E-state index < -0.39 is 0 Å². The van der Waals surface area contributed by atoms with E-state index in [1.807, 2.05) is 0 Å².